The Morgan fingerprint density at radius 2 is 1.48 bits per heavy atom. The maximum atomic E-state index is 13.2. The molecule has 0 spiro atoms. The first-order valence-corrected chi connectivity index (χ1v) is 13.0. The Kier molecular flexibility index (Phi) is 7.78. The van der Waals surface area contributed by atoms with Gasteiger partial charge in [-0.1, -0.05) is 6.07 Å². The Labute approximate surface area is 246 Å². The second-order valence-electron chi connectivity index (χ2n) is 10.0. The zero-order valence-electron chi connectivity index (χ0n) is 22.5. The van der Waals surface area contributed by atoms with E-state index in [2.05, 4.69) is 15.6 Å². The Bertz CT molecular complexity index is 1850. The van der Waals surface area contributed by atoms with Gasteiger partial charge >= 0.3 is 0 Å². The lowest BCUT2D eigenvalue weighted by atomic mass is 10.0. The lowest BCUT2D eigenvalue weighted by Crippen LogP contribution is -2.35. The molecule has 0 bridgehead atoms. The zero-order valence-corrected chi connectivity index (χ0v) is 23.3. The van der Waals surface area contributed by atoms with Crippen LogP contribution in [0.4, 0.5) is 15.8 Å². The highest BCUT2D eigenvalue weighted by atomic mass is 35.5. The predicted octanol–water partition coefficient (Wildman–Crippen LogP) is 6.31. The molecule has 8 nitrogen and oxygen atoms in total. The maximum absolute atomic E-state index is 13.2. The highest BCUT2D eigenvalue weighted by Gasteiger charge is 2.56. The van der Waals surface area contributed by atoms with Crippen LogP contribution < -0.4 is 20.9 Å². The van der Waals surface area contributed by atoms with Gasteiger partial charge in [0.15, 0.2) is 0 Å². The number of nitrogens with zero attached hydrogens (tertiary/aromatic N) is 2. The van der Waals surface area contributed by atoms with Crippen LogP contribution in [-0.2, 0) is 16.6 Å². The number of hydrogen-bond donors (Lipinski definition) is 2. The molecule has 2 heterocycles. The Morgan fingerprint density at radius 3 is 2.10 bits per heavy atom. The van der Waals surface area contributed by atoms with Crippen molar-refractivity contribution in [2.45, 2.75) is 12.8 Å². The first kappa shape index (κ1) is 28.5. The summed E-state index contributed by atoms with van der Waals surface area (Å²) in [6.07, 6.45) is 4.26. The van der Waals surface area contributed by atoms with E-state index in [1.54, 1.807) is 55.8 Å². The molecular weight excluding hydrogens is 559 g/mol. The Morgan fingerprint density at radius 1 is 0.857 bits per heavy atom. The number of anilines is 2. The summed E-state index contributed by atoms with van der Waals surface area (Å²) in [5.41, 5.74) is 2.13. The summed E-state index contributed by atoms with van der Waals surface area (Å²) in [6, 6.07) is 23.3. The average molecular weight is 585 g/mol. The molecule has 212 valence electrons. The van der Waals surface area contributed by atoms with Crippen LogP contribution in [0, 0.1) is 11.2 Å². The number of nitrogens with one attached hydrogen (secondary N) is 2. The van der Waals surface area contributed by atoms with Crippen LogP contribution in [0.25, 0.3) is 22.0 Å². The van der Waals surface area contributed by atoms with Gasteiger partial charge in [-0.2, -0.15) is 0 Å². The second-order valence-corrected chi connectivity index (χ2v) is 10.0. The summed E-state index contributed by atoms with van der Waals surface area (Å²) in [6.45, 7) is 0. The number of fused-ring (bicyclic) bond motifs is 1. The van der Waals surface area contributed by atoms with Crippen molar-refractivity contribution in [2.75, 3.05) is 10.6 Å². The van der Waals surface area contributed by atoms with E-state index in [1.165, 1.54) is 28.8 Å². The molecule has 3 aromatic carbocycles. The zero-order chi connectivity index (χ0) is 28.6. The molecule has 6 rings (SSSR count). The summed E-state index contributed by atoms with van der Waals surface area (Å²) in [7, 11) is 1.71. The number of amides is 2. The fraction of sp³-hybridized carbons (Fsp3) is 0.125. The number of halogens is 2. The van der Waals surface area contributed by atoms with Crippen molar-refractivity contribution in [3.05, 3.63) is 113 Å². The molecular formula is C32H26ClFN4O4. The molecule has 10 heteroatoms. The summed E-state index contributed by atoms with van der Waals surface area (Å²) in [5.74, 6) is -0.0436. The topological polar surface area (TPSA) is 102 Å². The van der Waals surface area contributed by atoms with E-state index in [0.717, 1.165) is 22.0 Å². The van der Waals surface area contributed by atoms with Gasteiger partial charge in [0.25, 0.3) is 5.56 Å². The molecule has 1 aliphatic rings. The van der Waals surface area contributed by atoms with Crippen molar-refractivity contribution in [1.29, 1.82) is 0 Å². The van der Waals surface area contributed by atoms with Crippen LogP contribution in [-0.4, -0.2) is 21.4 Å². The highest BCUT2D eigenvalue weighted by molar-refractivity contribution is 6.16. The number of rotatable bonds is 7. The molecule has 0 radical (unpaired) electrons. The molecule has 2 aromatic heterocycles. The molecule has 0 saturated heterocycles. The van der Waals surface area contributed by atoms with Crippen molar-refractivity contribution >= 4 is 46.5 Å². The monoisotopic (exact) mass is 584 g/mol. The van der Waals surface area contributed by atoms with Crippen LogP contribution in [0.3, 0.4) is 0 Å². The van der Waals surface area contributed by atoms with Gasteiger partial charge in [-0.25, -0.2) is 4.39 Å². The molecule has 0 aliphatic heterocycles. The molecule has 2 amide bonds. The van der Waals surface area contributed by atoms with Crippen molar-refractivity contribution in [3.63, 3.8) is 0 Å². The third-order valence-electron chi connectivity index (χ3n) is 7.20. The number of ether oxygens (including phenoxy) is 1. The van der Waals surface area contributed by atoms with Gasteiger partial charge in [-0.3, -0.25) is 19.4 Å². The predicted molar refractivity (Wildman–Crippen MR) is 162 cm³/mol. The molecule has 1 fully saturated rings. The molecule has 2 N–H and O–H groups in total. The van der Waals surface area contributed by atoms with E-state index in [0.29, 0.717) is 35.7 Å². The third kappa shape index (κ3) is 5.73. The highest BCUT2D eigenvalue weighted by Crippen LogP contribution is 2.47. The van der Waals surface area contributed by atoms with Crippen molar-refractivity contribution in [1.82, 2.24) is 9.55 Å². The van der Waals surface area contributed by atoms with E-state index >= 15 is 0 Å². The number of carbonyl (C=O) groups is 2. The van der Waals surface area contributed by atoms with Crippen molar-refractivity contribution < 1.29 is 18.7 Å². The van der Waals surface area contributed by atoms with E-state index in [-0.39, 0.29) is 18.0 Å². The molecule has 5 aromatic rings. The van der Waals surface area contributed by atoms with Gasteiger partial charge < -0.3 is 19.9 Å². The van der Waals surface area contributed by atoms with Crippen LogP contribution in [0.2, 0.25) is 0 Å². The lowest BCUT2D eigenvalue weighted by Gasteiger charge is -2.16. The van der Waals surface area contributed by atoms with Gasteiger partial charge in [0.1, 0.15) is 22.7 Å². The van der Waals surface area contributed by atoms with Crippen molar-refractivity contribution in [2.24, 2.45) is 12.5 Å². The Hall–Kier alpha value is -5.02. The van der Waals surface area contributed by atoms with Crippen LogP contribution in [0.15, 0.2) is 102 Å². The van der Waals surface area contributed by atoms with Gasteiger partial charge in [0.2, 0.25) is 11.8 Å². The van der Waals surface area contributed by atoms with Gasteiger partial charge in [-0.05, 0) is 96.8 Å². The van der Waals surface area contributed by atoms with Crippen LogP contribution in [0.1, 0.15) is 12.8 Å². The summed E-state index contributed by atoms with van der Waals surface area (Å²) in [5, 5.41) is 6.33. The minimum atomic E-state index is -1.15. The Balaban J connectivity index is 0.00000353. The van der Waals surface area contributed by atoms with Gasteiger partial charge in [-0.15, -0.1) is 12.4 Å². The summed E-state index contributed by atoms with van der Waals surface area (Å²) >= 11 is 0. The summed E-state index contributed by atoms with van der Waals surface area (Å²) < 4.78 is 20.8. The number of benzene rings is 3. The average Bonchev–Trinajstić information content (AvgIpc) is 3.79. The molecule has 42 heavy (non-hydrogen) atoms. The van der Waals surface area contributed by atoms with Crippen LogP contribution in [0.5, 0.6) is 11.5 Å². The van der Waals surface area contributed by atoms with Gasteiger partial charge in [0, 0.05) is 42.3 Å². The number of hydrogen-bond acceptors (Lipinski definition) is 5. The van der Waals surface area contributed by atoms with E-state index < -0.39 is 23.0 Å². The fourth-order valence-corrected chi connectivity index (χ4v) is 4.57. The van der Waals surface area contributed by atoms with E-state index in [9.17, 15) is 18.8 Å². The fourth-order valence-electron chi connectivity index (χ4n) is 4.57. The standard InChI is InChI=1S/C32H25FN4O4.ClH/c1-37-17-13-21(19-29(37)38)20-2-11-26-27(18-20)34-16-12-28(26)41-25-9-7-24(8-10-25)36-31(40)32(14-15-32)30(39)35-23-5-3-22(33)4-6-23;/h2-13,16-19H,14-15H2,1H3,(H,35,39)(H,36,40);1H. The van der Waals surface area contributed by atoms with E-state index in [4.69, 9.17) is 4.74 Å². The third-order valence-corrected chi connectivity index (χ3v) is 7.20. The maximum Gasteiger partial charge on any atom is 0.250 e. The van der Waals surface area contributed by atoms with Gasteiger partial charge in [0.05, 0.1) is 5.52 Å². The first-order valence-electron chi connectivity index (χ1n) is 13.0. The first-order chi connectivity index (χ1) is 19.8. The molecule has 0 atom stereocenters. The normalized spacial score (nSPS) is 13.1. The number of pyridine rings is 2. The summed E-state index contributed by atoms with van der Waals surface area (Å²) in [4.78, 5) is 42.3. The largest absolute Gasteiger partial charge is 0.457 e. The molecule has 0 unspecified atom stereocenters. The minimum Gasteiger partial charge on any atom is -0.457 e. The minimum absolute atomic E-state index is 0. The second kappa shape index (κ2) is 11.5. The number of carbonyl (C=O) groups excluding carboxylic acids is 2. The SMILES string of the molecule is Cl.Cn1ccc(-c2ccc3c(Oc4ccc(NC(=O)C5(C(=O)Nc6ccc(F)cc6)CC5)cc4)ccnc3c2)cc1=O. The molecule has 1 aliphatic carbocycles. The number of aromatic nitrogens is 2. The smallest absolute Gasteiger partial charge is 0.250 e. The van der Waals surface area contributed by atoms with Crippen molar-refractivity contribution in [3.8, 4) is 22.6 Å². The number of aryl methyl sites for hydroxylation is 1. The van der Waals surface area contributed by atoms with Crippen LogP contribution >= 0.6 is 12.4 Å². The van der Waals surface area contributed by atoms with E-state index in [1.807, 2.05) is 24.3 Å². The molecule has 1 saturated carbocycles. The quantitative estimate of drug-likeness (QED) is 0.218. The lowest BCUT2D eigenvalue weighted by molar-refractivity contribution is -0.131.